The smallest absolute Gasteiger partial charge is 0.272 e. The van der Waals surface area contributed by atoms with Gasteiger partial charge in [-0.05, 0) is 36.4 Å². The molecular formula is C23H18N4O3. The van der Waals surface area contributed by atoms with Gasteiger partial charge in [-0.1, -0.05) is 30.3 Å². The van der Waals surface area contributed by atoms with Crippen LogP contribution in [0.4, 0.5) is 0 Å². The van der Waals surface area contributed by atoms with Gasteiger partial charge in [0.05, 0.1) is 35.8 Å². The van der Waals surface area contributed by atoms with E-state index < -0.39 is 5.91 Å². The normalized spacial score (nSPS) is 11.0. The number of carbonyl (C=O) groups is 1. The van der Waals surface area contributed by atoms with Gasteiger partial charge in [0, 0.05) is 17.1 Å². The Kier molecular flexibility index (Phi) is 5.34. The van der Waals surface area contributed by atoms with Crippen LogP contribution in [-0.2, 0) is 0 Å². The summed E-state index contributed by atoms with van der Waals surface area (Å²) < 4.78 is 5.07. The van der Waals surface area contributed by atoms with Crippen molar-refractivity contribution in [3.63, 3.8) is 0 Å². The Balaban J connectivity index is 1.66. The Bertz CT molecular complexity index is 1240. The van der Waals surface area contributed by atoms with E-state index in [1.54, 1.807) is 30.5 Å². The molecule has 148 valence electrons. The zero-order chi connectivity index (χ0) is 20.9. The summed E-state index contributed by atoms with van der Waals surface area (Å²) in [5.74, 6) is -0.125. The molecule has 7 heteroatoms. The second kappa shape index (κ2) is 8.40. The molecule has 4 rings (SSSR count). The minimum Gasteiger partial charge on any atom is -0.504 e. The molecule has 2 heterocycles. The standard InChI is InChI=1S/C23H18N4O3/c1-30-21-11-6-7-15(22(21)28)14-25-27-23(29)17-13-20(19-10-4-5-12-24-19)26-18-9-3-2-8-16(17)18/h2-14,28H,1H3,(H,27,29)/b25-14+. The SMILES string of the molecule is COc1cccc(/C=N/NC(=O)c2cc(-c3ccccn3)nc3ccccc23)c1O. The molecule has 2 aromatic heterocycles. The van der Waals surface area contributed by atoms with Crippen molar-refractivity contribution in [2.45, 2.75) is 0 Å². The van der Waals surface area contributed by atoms with Crippen LogP contribution in [0, 0.1) is 0 Å². The molecule has 0 unspecified atom stereocenters. The molecule has 0 fully saturated rings. The van der Waals surface area contributed by atoms with Crippen LogP contribution in [0.3, 0.4) is 0 Å². The first-order valence-corrected chi connectivity index (χ1v) is 9.18. The van der Waals surface area contributed by atoms with Crippen molar-refractivity contribution in [3.05, 3.63) is 84.1 Å². The molecule has 0 aliphatic heterocycles. The monoisotopic (exact) mass is 398 g/mol. The van der Waals surface area contributed by atoms with Crippen molar-refractivity contribution in [1.29, 1.82) is 0 Å². The number of phenols is 1. The van der Waals surface area contributed by atoms with Crippen molar-refractivity contribution in [2.75, 3.05) is 7.11 Å². The highest BCUT2D eigenvalue weighted by molar-refractivity contribution is 6.07. The number of rotatable bonds is 5. The van der Waals surface area contributed by atoms with Crippen molar-refractivity contribution in [2.24, 2.45) is 5.10 Å². The predicted octanol–water partition coefficient (Wildman–Crippen LogP) is 3.77. The summed E-state index contributed by atoms with van der Waals surface area (Å²) in [6, 6.07) is 19.6. The minimum atomic E-state index is -0.399. The van der Waals surface area contributed by atoms with Gasteiger partial charge in [0.15, 0.2) is 11.5 Å². The van der Waals surface area contributed by atoms with Gasteiger partial charge in [0.1, 0.15) is 0 Å². The Labute approximate surface area is 172 Å². The van der Waals surface area contributed by atoms with E-state index in [-0.39, 0.29) is 5.75 Å². The van der Waals surface area contributed by atoms with Gasteiger partial charge in [0.25, 0.3) is 5.91 Å². The highest BCUT2D eigenvalue weighted by atomic mass is 16.5. The first kappa shape index (κ1) is 19.1. The number of fused-ring (bicyclic) bond motifs is 1. The quantitative estimate of drug-likeness (QED) is 0.394. The number of amides is 1. The number of para-hydroxylation sites is 2. The summed E-state index contributed by atoms with van der Waals surface area (Å²) in [5.41, 5.74) is 5.30. The zero-order valence-corrected chi connectivity index (χ0v) is 16.1. The van der Waals surface area contributed by atoms with Crippen molar-refractivity contribution >= 4 is 23.0 Å². The minimum absolute atomic E-state index is 0.0511. The lowest BCUT2D eigenvalue weighted by Gasteiger charge is -2.08. The Morgan fingerprint density at radius 2 is 1.90 bits per heavy atom. The number of hydrogen-bond donors (Lipinski definition) is 2. The molecule has 0 aliphatic rings. The number of pyridine rings is 2. The average Bonchev–Trinajstić information content (AvgIpc) is 2.80. The third-order valence-electron chi connectivity index (χ3n) is 4.51. The molecule has 0 bridgehead atoms. The summed E-state index contributed by atoms with van der Waals surface area (Å²) >= 11 is 0. The number of hydrogen-bond acceptors (Lipinski definition) is 6. The van der Waals surface area contributed by atoms with Gasteiger partial charge in [-0.3, -0.25) is 9.78 Å². The molecule has 2 aromatic carbocycles. The van der Waals surface area contributed by atoms with Crippen LogP contribution in [0.1, 0.15) is 15.9 Å². The van der Waals surface area contributed by atoms with E-state index in [0.717, 1.165) is 0 Å². The van der Waals surface area contributed by atoms with Gasteiger partial charge >= 0.3 is 0 Å². The van der Waals surface area contributed by atoms with Gasteiger partial charge < -0.3 is 9.84 Å². The van der Waals surface area contributed by atoms with E-state index in [9.17, 15) is 9.90 Å². The van der Waals surface area contributed by atoms with E-state index in [2.05, 4.69) is 20.5 Å². The van der Waals surface area contributed by atoms with E-state index in [1.807, 2.05) is 42.5 Å². The number of hydrazone groups is 1. The number of benzene rings is 2. The van der Waals surface area contributed by atoms with E-state index in [0.29, 0.717) is 39.2 Å². The van der Waals surface area contributed by atoms with Crippen molar-refractivity contribution < 1.29 is 14.6 Å². The molecule has 0 saturated carbocycles. The lowest BCUT2D eigenvalue weighted by molar-refractivity contribution is 0.0956. The first-order chi connectivity index (χ1) is 14.7. The number of ether oxygens (including phenoxy) is 1. The van der Waals surface area contributed by atoms with Crippen LogP contribution in [0.25, 0.3) is 22.3 Å². The second-order valence-corrected chi connectivity index (χ2v) is 6.38. The van der Waals surface area contributed by atoms with Gasteiger partial charge in [-0.15, -0.1) is 0 Å². The van der Waals surface area contributed by atoms with Crippen LogP contribution in [0.2, 0.25) is 0 Å². The fourth-order valence-electron chi connectivity index (χ4n) is 3.04. The highest BCUT2D eigenvalue weighted by Gasteiger charge is 2.14. The molecule has 4 aromatic rings. The second-order valence-electron chi connectivity index (χ2n) is 6.38. The molecule has 0 radical (unpaired) electrons. The fraction of sp³-hybridized carbons (Fsp3) is 0.0435. The number of carbonyl (C=O) groups excluding carboxylic acids is 1. The van der Waals surface area contributed by atoms with E-state index >= 15 is 0 Å². The maximum atomic E-state index is 12.9. The van der Waals surface area contributed by atoms with Crippen LogP contribution in [0.15, 0.2) is 78.0 Å². The molecule has 0 spiro atoms. The number of methoxy groups -OCH3 is 1. The molecule has 0 aliphatic carbocycles. The van der Waals surface area contributed by atoms with Gasteiger partial charge in [-0.25, -0.2) is 10.4 Å². The Morgan fingerprint density at radius 1 is 1.07 bits per heavy atom. The largest absolute Gasteiger partial charge is 0.504 e. The van der Waals surface area contributed by atoms with Crippen molar-refractivity contribution in [3.8, 4) is 22.9 Å². The maximum Gasteiger partial charge on any atom is 0.272 e. The fourth-order valence-corrected chi connectivity index (χ4v) is 3.04. The molecule has 1 amide bonds. The number of aromatic hydroxyl groups is 1. The summed E-state index contributed by atoms with van der Waals surface area (Å²) in [6.07, 6.45) is 3.04. The van der Waals surface area contributed by atoms with Crippen LogP contribution < -0.4 is 10.2 Å². The lowest BCUT2D eigenvalue weighted by atomic mass is 10.1. The number of nitrogens with one attached hydrogen (secondary N) is 1. The molecule has 0 saturated heterocycles. The molecule has 30 heavy (non-hydrogen) atoms. The zero-order valence-electron chi connectivity index (χ0n) is 16.1. The van der Waals surface area contributed by atoms with E-state index in [4.69, 9.17) is 4.74 Å². The molecule has 0 atom stereocenters. The van der Waals surface area contributed by atoms with Gasteiger partial charge in [-0.2, -0.15) is 5.10 Å². The molecular weight excluding hydrogens is 380 g/mol. The Morgan fingerprint density at radius 3 is 2.70 bits per heavy atom. The third-order valence-corrected chi connectivity index (χ3v) is 4.51. The lowest BCUT2D eigenvalue weighted by Crippen LogP contribution is -2.18. The topological polar surface area (TPSA) is 96.7 Å². The summed E-state index contributed by atoms with van der Waals surface area (Å²) in [5, 5.41) is 14.8. The predicted molar refractivity (Wildman–Crippen MR) is 115 cm³/mol. The average molecular weight is 398 g/mol. The summed E-state index contributed by atoms with van der Waals surface area (Å²) in [6.45, 7) is 0. The third kappa shape index (κ3) is 3.81. The van der Waals surface area contributed by atoms with Crippen LogP contribution >= 0.6 is 0 Å². The highest BCUT2D eigenvalue weighted by Crippen LogP contribution is 2.28. The first-order valence-electron chi connectivity index (χ1n) is 9.18. The number of nitrogens with zero attached hydrogens (tertiary/aromatic N) is 3. The number of aromatic nitrogens is 2. The van der Waals surface area contributed by atoms with Gasteiger partial charge in [0.2, 0.25) is 0 Å². The molecule has 2 N–H and O–H groups in total. The Hall–Kier alpha value is -4.26. The summed E-state index contributed by atoms with van der Waals surface area (Å²) in [7, 11) is 1.46. The summed E-state index contributed by atoms with van der Waals surface area (Å²) in [4.78, 5) is 21.8. The van der Waals surface area contributed by atoms with Crippen LogP contribution in [0.5, 0.6) is 11.5 Å². The van der Waals surface area contributed by atoms with Crippen molar-refractivity contribution in [1.82, 2.24) is 15.4 Å². The maximum absolute atomic E-state index is 12.9. The van der Waals surface area contributed by atoms with E-state index in [1.165, 1.54) is 13.3 Å². The van der Waals surface area contributed by atoms with Crippen LogP contribution in [-0.4, -0.2) is 34.3 Å². The number of phenolic OH excluding ortho intramolecular Hbond substituents is 1. The molecule has 7 nitrogen and oxygen atoms in total.